The molecule has 45 heavy (non-hydrogen) atoms. The quantitative estimate of drug-likeness (QED) is 0.216. The predicted molar refractivity (Wildman–Crippen MR) is 179 cm³/mol. The average Bonchev–Trinajstić information content (AvgIpc) is 3.85. The normalized spacial score (nSPS) is 17.5. The monoisotopic (exact) mass is 675 g/mol. The largest absolute Gasteiger partial charge is 0.496 e. The maximum Gasteiger partial charge on any atom is 0.251 e. The van der Waals surface area contributed by atoms with E-state index >= 15 is 0 Å². The highest BCUT2D eigenvalue weighted by Gasteiger charge is 2.40. The lowest BCUT2D eigenvalue weighted by molar-refractivity contribution is -0.138. The van der Waals surface area contributed by atoms with Crippen LogP contribution in [0, 0.1) is 19.8 Å². The molecular weight excluding hydrogens is 637 g/mol. The molecule has 1 heterocycles. The first-order valence-electron chi connectivity index (χ1n) is 15.0. The number of piperidine rings is 1. The van der Waals surface area contributed by atoms with Crippen LogP contribution in [0.2, 0.25) is 10.0 Å². The number of rotatable bonds is 12. The van der Waals surface area contributed by atoms with Gasteiger partial charge in [0, 0.05) is 30.7 Å². The lowest BCUT2D eigenvalue weighted by Gasteiger charge is -2.36. The number of halogens is 3. The smallest absolute Gasteiger partial charge is 0.251 e. The van der Waals surface area contributed by atoms with Gasteiger partial charge in [0.2, 0.25) is 5.91 Å². The zero-order valence-electron chi connectivity index (χ0n) is 25.7. The molecule has 2 N–H and O–H groups in total. The van der Waals surface area contributed by atoms with E-state index in [1.54, 1.807) is 43.5 Å². The molecule has 0 bridgehead atoms. The number of methoxy groups -OCH3 is 1. The fourth-order valence-corrected chi connectivity index (χ4v) is 6.30. The summed E-state index contributed by atoms with van der Waals surface area (Å²) in [5.74, 6) is 1.37. The number of hydrogen-bond acceptors (Lipinski definition) is 6. The molecule has 5 rings (SSSR count). The van der Waals surface area contributed by atoms with Gasteiger partial charge in [-0.1, -0.05) is 35.3 Å². The number of amides is 2. The van der Waals surface area contributed by atoms with Crippen LogP contribution in [0.15, 0.2) is 54.6 Å². The van der Waals surface area contributed by atoms with Gasteiger partial charge >= 0.3 is 0 Å². The Morgan fingerprint density at radius 3 is 2.33 bits per heavy atom. The van der Waals surface area contributed by atoms with Gasteiger partial charge in [0.25, 0.3) is 5.91 Å². The molecule has 3 aromatic rings. The second kappa shape index (κ2) is 15.9. The van der Waals surface area contributed by atoms with Crippen molar-refractivity contribution >= 4 is 47.4 Å². The highest BCUT2D eigenvalue weighted by Crippen LogP contribution is 2.34. The molecule has 8 nitrogen and oxygen atoms in total. The van der Waals surface area contributed by atoms with E-state index in [4.69, 9.17) is 37.4 Å². The second-order valence-electron chi connectivity index (χ2n) is 11.4. The van der Waals surface area contributed by atoms with Crippen LogP contribution < -0.4 is 24.8 Å². The van der Waals surface area contributed by atoms with Gasteiger partial charge in [0.1, 0.15) is 24.7 Å². The van der Waals surface area contributed by atoms with E-state index in [2.05, 4.69) is 16.7 Å². The molecular formula is C34H40Cl3N3O5. The molecule has 1 saturated carbocycles. The summed E-state index contributed by atoms with van der Waals surface area (Å²) in [6.45, 7) is 6.26. The Bertz CT molecular complexity index is 1460. The molecule has 0 aromatic heterocycles. The number of hydrogen-bond donors (Lipinski definition) is 2. The fraction of sp³-hybridized carbons (Fsp3) is 0.412. The minimum atomic E-state index is -0.350. The third-order valence-corrected chi connectivity index (χ3v) is 8.76. The number of aryl methyl sites for hydroxylation is 1. The zero-order valence-corrected chi connectivity index (χ0v) is 28.1. The zero-order chi connectivity index (χ0) is 31.2. The average molecular weight is 677 g/mol. The number of carbonyl (C=O) groups is 2. The summed E-state index contributed by atoms with van der Waals surface area (Å²) >= 11 is 12.5. The summed E-state index contributed by atoms with van der Waals surface area (Å²) in [7, 11) is 1.66. The van der Waals surface area contributed by atoms with Crippen molar-refractivity contribution in [3.63, 3.8) is 0 Å². The van der Waals surface area contributed by atoms with Crippen molar-refractivity contribution in [1.82, 2.24) is 15.5 Å². The van der Waals surface area contributed by atoms with Crippen LogP contribution in [0.1, 0.15) is 46.3 Å². The first kappa shape index (κ1) is 34.7. The molecule has 2 fully saturated rings. The van der Waals surface area contributed by atoms with E-state index in [1.165, 1.54) is 0 Å². The number of nitrogens with one attached hydrogen (secondary N) is 2. The summed E-state index contributed by atoms with van der Waals surface area (Å²) < 4.78 is 17.0. The van der Waals surface area contributed by atoms with Crippen LogP contribution >= 0.6 is 35.6 Å². The van der Waals surface area contributed by atoms with Gasteiger partial charge in [-0.2, -0.15) is 0 Å². The minimum absolute atomic E-state index is 0. The second-order valence-corrected chi connectivity index (χ2v) is 12.2. The number of ether oxygens (including phenoxy) is 3. The molecule has 242 valence electrons. The SMILES string of the molecule is COc1cccc(CN(C(=O)C2CNCCC2NC(=O)c2ccc(OCCOc3c(Cl)cc(C)cc3Cl)cc2)C2CC2)c1C.Cl. The van der Waals surface area contributed by atoms with E-state index in [9.17, 15) is 9.59 Å². The van der Waals surface area contributed by atoms with Crippen LogP contribution in [-0.2, 0) is 11.3 Å². The molecule has 3 aromatic carbocycles. The maximum atomic E-state index is 14.0. The van der Waals surface area contributed by atoms with Crippen LogP contribution in [0.5, 0.6) is 17.2 Å². The van der Waals surface area contributed by atoms with E-state index < -0.39 is 0 Å². The highest BCUT2D eigenvalue weighted by atomic mass is 35.5. The summed E-state index contributed by atoms with van der Waals surface area (Å²) in [4.78, 5) is 29.2. The predicted octanol–water partition coefficient (Wildman–Crippen LogP) is 6.40. The number of benzene rings is 3. The van der Waals surface area contributed by atoms with E-state index in [0.717, 1.165) is 41.8 Å². The van der Waals surface area contributed by atoms with Crippen molar-refractivity contribution < 1.29 is 23.8 Å². The molecule has 2 atom stereocenters. The van der Waals surface area contributed by atoms with Gasteiger partial charge in [-0.3, -0.25) is 9.59 Å². The standard InChI is InChI=1S/C34H39Cl2N3O5.ClH/c1-21-17-28(35)32(29(36)18-21)44-16-15-43-26-11-7-23(8-12-26)33(40)38-30-13-14-37-19-27(30)34(41)39(25-9-10-25)20-24-5-4-6-31(42-3)22(24)2;/h4-8,11-12,17-18,25,27,30,37H,9-10,13-16,19-20H2,1-3H3,(H,38,40);1H. The fourth-order valence-electron chi connectivity index (χ4n) is 5.59. The lowest BCUT2D eigenvalue weighted by Crippen LogP contribution is -2.55. The van der Waals surface area contributed by atoms with Crippen molar-refractivity contribution in [1.29, 1.82) is 0 Å². The van der Waals surface area contributed by atoms with Crippen molar-refractivity contribution in [2.45, 2.75) is 51.7 Å². The van der Waals surface area contributed by atoms with Gasteiger partial charge in [-0.15, -0.1) is 12.4 Å². The van der Waals surface area contributed by atoms with Crippen LogP contribution in [0.3, 0.4) is 0 Å². The number of nitrogens with zero attached hydrogens (tertiary/aromatic N) is 1. The Balaban J connectivity index is 0.00000461. The van der Waals surface area contributed by atoms with Crippen LogP contribution in [-0.4, -0.2) is 62.2 Å². The van der Waals surface area contributed by atoms with Crippen molar-refractivity contribution in [3.8, 4) is 17.2 Å². The Morgan fingerprint density at radius 2 is 1.67 bits per heavy atom. The van der Waals surface area contributed by atoms with Crippen LogP contribution in [0.25, 0.3) is 0 Å². The Kier molecular flexibility index (Phi) is 12.3. The Hall–Kier alpha value is -3.17. The van der Waals surface area contributed by atoms with E-state index in [0.29, 0.717) is 46.6 Å². The van der Waals surface area contributed by atoms with Gasteiger partial charge in [0.15, 0.2) is 5.75 Å². The Morgan fingerprint density at radius 1 is 0.978 bits per heavy atom. The molecule has 1 aliphatic heterocycles. The van der Waals surface area contributed by atoms with Crippen LogP contribution in [0.4, 0.5) is 0 Å². The van der Waals surface area contributed by atoms with E-state index in [-0.39, 0.29) is 55.4 Å². The minimum Gasteiger partial charge on any atom is -0.496 e. The van der Waals surface area contributed by atoms with Gasteiger partial charge < -0.3 is 29.7 Å². The maximum absolute atomic E-state index is 14.0. The molecule has 2 unspecified atom stereocenters. The van der Waals surface area contributed by atoms with Crippen molar-refractivity contribution in [2.75, 3.05) is 33.4 Å². The summed E-state index contributed by atoms with van der Waals surface area (Å²) in [5.41, 5.74) is 3.57. The first-order valence-corrected chi connectivity index (χ1v) is 15.8. The topological polar surface area (TPSA) is 89.1 Å². The van der Waals surface area contributed by atoms with Crippen molar-refractivity contribution in [3.05, 3.63) is 86.9 Å². The summed E-state index contributed by atoms with van der Waals surface area (Å²) in [5, 5.41) is 7.41. The van der Waals surface area contributed by atoms with Crippen molar-refractivity contribution in [2.24, 2.45) is 5.92 Å². The summed E-state index contributed by atoms with van der Waals surface area (Å²) in [6.07, 6.45) is 2.68. The lowest BCUT2D eigenvalue weighted by atomic mass is 9.91. The molecule has 2 aliphatic rings. The third-order valence-electron chi connectivity index (χ3n) is 8.20. The molecule has 0 spiro atoms. The highest BCUT2D eigenvalue weighted by molar-refractivity contribution is 6.37. The molecule has 11 heteroatoms. The Labute approximate surface area is 281 Å². The molecule has 1 aliphatic carbocycles. The van der Waals surface area contributed by atoms with Gasteiger partial charge in [0.05, 0.1) is 23.1 Å². The third kappa shape index (κ3) is 8.76. The molecule has 2 amide bonds. The first-order chi connectivity index (χ1) is 21.2. The number of carbonyl (C=O) groups excluding carboxylic acids is 2. The molecule has 0 radical (unpaired) electrons. The molecule has 1 saturated heterocycles. The van der Waals surface area contributed by atoms with Gasteiger partial charge in [-0.05, 0) is 98.8 Å². The van der Waals surface area contributed by atoms with Gasteiger partial charge in [-0.25, -0.2) is 0 Å². The summed E-state index contributed by atoms with van der Waals surface area (Å²) in [6, 6.07) is 16.4. The van der Waals surface area contributed by atoms with E-state index in [1.807, 2.05) is 30.9 Å².